The summed E-state index contributed by atoms with van der Waals surface area (Å²) in [6.07, 6.45) is 3.42. The topological polar surface area (TPSA) is 68.3 Å². The van der Waals surface area contributed by atoms with E-state index in [1.807, 2.05) is 65.3 Å². The van der Waals surface area contributed by atoms with E-state index >= 15 is 0 Å². The van der Waals surface area contributed by atoms with Crippen molar-refractivity contribution in [3.05, 3.63) is 59.7 Å². The molecule has 0 radical (unpaired) electrons. The van der Waals surface area contributed by atoms with Gasteiger partial charge in [-0.25, -0.2) is 0 Å². The number of hydrogen-bond acceptors (Lipinski definition) is 5. The molecule has 1 aliphatic rings. The zero-order valence-corrected chi connectivity index (χ0v) is 22.8. The maximum atomic E-state index is 13.5. The predicted molar refractivity (Wildman–Crippen MR) is 145 cm³/mol. The van der Waals surface area contributed by atoms with Crippen LogP contribution in [0.3, 0.4) is 0 Å². The van der Waals surface area contributed by atoms with Crippen LogP contribution in [0.4, 0.5) is 0 Å². The van der Waals surface area contributed by atoms with Gasteiger partial charge >= 0.3 is 0 Å². The number of rotatable bonds is 8. The predicted octanol–water partition coefficient (Wildman–Crippen LogP) is 4.97. The number of hydrogen-bond donors (Lipinski definition) is 0. The Hall–Kier alpha value is -3.06. The number of benzene rings is 2. The van der Waals surface area contributed by atoms with E-state index in [-0.39, 0.29) is 24.5 Å². The van der Waals surface area contributed by atoms with E-state index in [0.29, 0.717) is 50.1 Å². The number of nitrogens with zero attached hydrogens (tertiary/aromatic N) is 2. The molecule has 37 heavy (non-hydrogen) atoms. The van der Waals surface area contributed by atoms with Gasteiger partial charge in [0.1, 0.15) is 18.1 Å². The first-order chi connectivity index (χ1) is 17.9. The quantitative estimate of drug-likeness (QED) is 0.502. The van der Waals surface area contributed by atoms with Crippen LogP contribution >= 0.6 is 0 Å². The molecule has 2 amide bonds. The van der Waals surface area contributed by atoms with Crippen LogP contribution in [0.5, 0.6) is 11.5 Å². The second-order valence-electron chi connectivity index (χ2n) is 10.1. The second kappa shape index (κ2) is 14.6. The molecule has 1 heterocycles. The van der Waals surface area contributed by atoms with E-state index in [0.717, 1.165) is 37.0 Å². The SMILES string of the molecule is COCCN1CCCCCN(C(=O)COc2ccccc2C)[C@@H](CC(C)C)COc2ccccc2C1=O. The van der Waals surface area contributed by atoms with E-state index < -0.39 is 0 Å². The fourth-order valence-corrected chi connectivity index (χ4v) is 4.68. The highest BCUT2D eigenvalue weighted by atomic mass is 16.5. The lowest BCUT2D eigenvalue weighted by Gasteiger charge is -2.33. The Bertz CT molecular complexity index is 1010. The highest BCUT2D eigenvalue weighted by Gasteiger charge is 2.27. The average Bonchev–Trinajstić information content (AvgIpc) is 2.90. The van der Waals surface area contributed by atoms with Crippen molar-refractivity contribution in [3.63, 3.8) is 0 Å². The molecule has 0 saturated heterocycles. The van der Waals surface area contributed by atoms with Crippen molar-refractivity contribution in [1.82, 2.24) is 9.80 Å². The third-order valence-corrected chi connectivity index (χ3v) is 6.68. The first kappa shape index (κ1) is 28.5. The highest BCUT2D eigenvalue weighted by molar-refractivity contribution is 5.97. The molecule has 0 unspecified atom stereocenters. The molecule has 0 fully saturated rings. The van der Waals surface area contributed by atoms with Crippen LogP contribution in [0, 0.1) is 12.8 Å². The largest absolute Gasteiger partial charge is 0.491 e. The van der Waals surface area contributed by atoms with Gasteiger partial charge in [-0.2, -0.15) is 0 Å². The summed E-state index contributed by atoms with van der Waals surface area (Å²) in [6.45, 7) is 8.85. The molecule has 1 aliphatic heterocycles. The van der Waals surface area contributed by atoms with Crippen LogP contribution in [0.1, 0.15) is 55.5 Å². The summed E-state index contributed by atoms with van der Waals surface area (Å²) in [5.74, 6) is 1.55. The highest BCUT2D eigenvalue weighted by Crippen LogP contribution is 2.24. The zero-order valence-electron chi connectivity index (χ0n) is 22.8. The van der Waals surface area contributed by atoms with Crippen LogP contribution in [0.25, 0.3) is 0 Å². The molecule has 0 aromatic heterocycles. The first-order valence-corrected chi connectivity index (χ1v) is 13.4. The van der Waals surface area contributed by atoms with Gasteiger partial charge in [0.2, 0.25) is 0 Å². The molecule has 0 N–H and O–H groups in total. The van der Waals surface area contributed by atoms with Gasteiger partial charge in [-0.3, -0.25) is 9.59 Å². The number of amides is 2. The summed E-state index contributed by atoms with van der Waals surface area (Å²) in [5, 5.41) is 0. The van der Waals surface area contributed by atoms with Gasteiger partial charge in [0, 0.05) is 26.7 Å². The number of methoxy groups -OCH3 is 1. The zero-order chi connectivity index (χ0) is 26.6. The normalized spacial score (nSPS) is 17.3. The minimum Gasteiger partial charge on any atom is -0.491 e. The molecule has 7 heteroatoms. The standard InChI is InChI=1S/C30H42N2O5/c1-23(2)20-25-21-36-28-15-9-7-13-26(28)30(34)31(18-19-35-4)16-10-5-11-17-32(25)29(33)22-37-27-14-8-6-12-24(27)3/h6-9,12-15,23,25H,5,10-11,16-22H2,1-4H3/t25-/m0/s1. The monoisotopic (exact) mass is 510 g/mol. The van der Waals surface area contributed by atoms with Gasteiger partial charge < -0.3 is 24.0 Å². The number of aryl methyl sites for hydroxylation is 1. The van der Waals surface area contributed by atoms with Crippen molar-refractivity contribution in [2.45, 2.75) is 52.5 Å². The van der Waals surface area contributed by atoms with Crippen LogP contribution in [0.2, 0.25) is 0 Å². The molecule has 0 aliphatic carbocycles. The molecular weight excluding hydrogens is 468 g/mol. The maximum Gasteiger partial charge on any atom is 0.260 e. The molecule has 2 aromatic carbocycles. The molecule has 1 atom stereocenters. The van der Waals surface area contributed by atoms with Gasteiger partial charge in [0.25, 0.3) is 11.8 Å². The number of para-hydroxylation sites is 2. The van der Waals surface area contributed by atoms with Crippen molar-refractivity contribution in [3.8, 4) is 11.5 Å². The van der Waals surface area contributed by atoms with Crippen LogP contribution < -0.4 is 9.47 Å². The van der Waals surface area contributed by atoms with Crippen molar-refractivity contribution in [2.24, 2.45) is 5.92 Å². The Kier molecular flexibility index (Phi) is 11.3. The number of ether oxygens (including phenoxy) is 3. The Morgan fingerprint density at radius 1 is 1.05 bits per heavy atom. The lowest BCUT2D eigenvalue weighted by atomic mass is 10.0. The van der Waals surface area contributed by atoms with Crippen molar-refractivity contribution < 1.29 is 23.8 Å². The van der Waals surface area contributed by atoms with Gasteiger partial charge in [0.15, 0.2) is 6.61 Å². The summed E-state index contributed by atoms with van der Waals surface area (Å²) in [6, 6.07) is 15.0. The summed E-state index contributed by atoms with van der Waals surface area (Å²) in [7, 11) is 1.64. The Labute approximate surface area is 221 Å². The van der Waals surface area contributed by atoms with Crippen molar-refractivity contribution in [1.29, 1.82) is 0 Å². The Morgan fingerprint density at radius 2 is 1.78 bits per heavy atom. The fraction of sp³-hybridized carbons (Fsp3) is 0.533. The minimum absolute atomic E-state index is 0.0146. The minimum atomic E-state index is -0.124. The molecule has 0 bridgehead atoms. The summed E-state index contributed by atoms with van der Waals surface area (Å²) in [4.78, 5) is 30.7. The smallest absolute Gasteiger partial charge is 0.260 e. The lowest BCUT2D eigenvalue weighted by molar-refractivity contribution is -0.137. The average molecular weight is 511 g/mol. The van der Waals surface area contributed by atoms with Crippen LogP contribution in [-0.2, 0) is 9.53 Å². The Balaban J connectivity index is 1.83. The third-order valence-electron chi connectivity index (χ3n) is 6.68. The van der Waals surface area contributed by atoms with Crippen molar-refractivity contribution >= 4 is 11.8 Å². The van der Waals surface area contributed by atoms with Gasteiger partial charge in [-0.15, -0.1) is 0 Å². The van der Waals surface area contributed by atoms with Gasteiger partial charge in [-0.1, -0.05) is 44.2 Å². The molecule has 7 nitrogen and oxygen atoms in total. The molecule has 3 rings (SSSR count). The molecule has 202 valence electrons. The number of fused-ring (bicyclic) bond motifs is 1. The lowest BCUT2D eigenvalue weighted by Crippen LogP contribution is -2.47. The number of carbonyl (C=O) groups is 2. The second-order valence-corrected chi connectivity index (χ2v) is 10.1. The first-order valence-electron chi connectivity index (χ1n) is 13.4. The van der Waals surface area contributed by atoms with E-state index in [1.54, 1.807) is 7.11 Å². The summed E-state index contributed by atoms with van der Waals surface area (Å²) in [5.41, 5.74) is 1.54. The Morgan fingerprint density at radius 3 is 2.54 bits per heavy atom. The maximum absolute atomic E-state index is 13.5. The van der Waals surface area contributed by atoms with Crippen molar-refractivity contribution in [2.75, 3.05) is 46.6 Å². The number of carbonyl (C=O) groups excluding carboxylic acids is 2. The summed E-state index contributed by atoms with van der Waals surface area (Å²) < 4.78 is 17.5. The van der Waals surface area contributed by atoms with Gasteiger partial charge in [0.05, 0.1) is 18.2 Å². The van der Waals surface area contributed by atoms with E-state index in [1.165, 1.54) is 0 Å². The summed E-state index contributed by atoms with van der Waals surface area (Å²) >= 11 is 0. The van der Waals surface area contributed by atoms with Crippen LogP contribution in [0.15, 0.2) is 48.5 Å². The van der Waals surface area contributed by atoms with E-state index in [9.17, 15) is 9.59 Å². The molecule has 0 spiro atoms. The third kappa shape index (κ3) is 8.49. The molecule has 2 aromatic rings. The molecular formula is C30H42N2O5. The fourth-order valence-electron chi connectivity index (χ4n) is 4.68. The van der Waals surface area contributed by atoms with E-state index in [4.69, 9.17) is 14.2 Å². The van der Waals surface area contributed by atoms with E-state index in [2.05, 4.69) is 13.8 Å². The van der Waals surface area contributed by atoms with Gasteiger partial charge in [-0.05, 0) is 62.3 Å². The molecule has 0 saturated carbocycles. The van der Waals surface area contributed by atoms with Crippen LogP contribution in [-0.4, -0.2) is 74.2 Å².